The quantitative estimate of drug-likeness (QED) is 0.765. The Hall–Kier alpha value is -2.38. The molecule has 1 fully saturated rings. The Balaban J connectivity index is 1.62. The van der Waals surface area contributed by atoms with Gasteiger partial charge in [0.2, 0.25) is 0 Å². The highest BCUT2D eigenvalue weighted by atomic mass is 19.4. The molecule has 3 rings (SSSR count). The Morgan fingerprint density at radius 3 is 2.24 bits per heavy atom. The molecule has 1 unspecified atom stereocenters. The first kappa shape index (κ1) is 21.3. The predicted molar refractivity (Wildman–Crippen MR) is 104 cm³/mol. The number of hydrogen-bond donors (Lipinski definition) is 2. The largest absolute Gasteiger partial charge is 0.412 e. The van der Waals surface area contributed by atoms with E-state index in [1.165, 1.54) is 24.3 Å². The highest BCUT2D eigenvalue weighted by Crippen LogP contribution is 2.32. The maximum absolute atomic E-state index is 13.4. The Morgan fingerprint density at radius 2 is 1.69 bits per heavy atom. The number of benzene rings is 2. The average molecular weight is 406 g/mol. The van der Waals surface area contributed by atoms with Crippen molar-refractivity contribution in [3.05, 3.63) is 71.3 Å². The van der Waals surface area contributed by atoms with E-state index in [-0.39, 0.29) is 17.7 Å². The lowest BCUT2D eigenvalue weighted by molar-refractivity contribution is -0.155. The van der Waals surface area contributed by atoms with Crippen LogP contribution >= 0.6 is 0 Å². The minimum absolute atomic E-state index is 0.00347. The molecule has 0 radical (unpaired) electrons. The van der Waals surface area contributed by atoms with Crippen molar-refractivity contribution >= 4 is 5.91 Å². The molecule has 0 saturated carbocycles. The summed E-state index contributed by atoms with van der Waals surface area (Å²) in [5.41, 5.74) is 1.19. The summed E-state index contributed by atoms with van der Waals surface area (Å²) < 4.78 is 40.3. The lowest BCUT2D eigenvalue weighted by atomic mass is 9.97. The van der Waals surface area contributed by atoms with Crippen LogP contribution in [0.4, 0.5) is 13.2 Å². The fraction of sp³-hybridized carbons (Fsp3) is 0.409. The van der Waals surface area contributed by atoms with Crippen molar-refractivity contribution < 1.29 is 23.1 Å². The number of aliphatic hydroxyl groups excluding tert-OH is 1. The van der Waals surface area contributed by atoms with Crippen molar-refractivity contribution in [1.29, 1.82) is 0 Å². The molecule has 4 nitrogen and oxygen atoms in total. The van der Waals surface area contributed by atoms with Gasteiger partial charge < -0.3 is 10.4 Å². The molecule has 1 aliphatic heterocycles. The van der Waals surface area contributed by atoms with E-state index in [1.807, 2.05) is 0 Å². The van der Waals surface area contributed by atoms with Gasteiger partial charge >= 0.3 is 6.18 Å². The van der Waals surface area contributed by atoms with Gasteiger partial charge in [0.05, 0.1) is 0 Å². The number of aliphatic hydroxyl groups is 1. The molecule has 1 aliphatic rings. The molecule has 2 N–H and O–H groups in total. The van der Waals surface area contributed by atoms with Crippen molar-refractivity contribution in [2.75, 3.05) is 19.7 Å². The first-order valence-corrected chi connectivity index (χ1v) is 9.71. The van der Waals surface area contributed by atoms with E-state index in [1.54, 1.807) is 30.3 Å². The Labute approximate surface area is 168 Å². The number of nitrogens with zero attached hydrogens (tertiary/aromatic N) is 1. The molecule has 156 valence electrons. The summed E-state index contributed by atoms with van der Waals surface area (Å²) in [6.45, 7) is 2.74. The lowest BCUT2D eigenvalue weighted by Gasteiger charge is -2.31. The molecule has 1 atom stereocenters. The number of nitrogens with one attached hydrogen (secondary N) is 1. The number of carbonyl (C=O) groups excluding carboxylic acids is 1. The van der Waals surface area contributed by atoms with Crippen molar-refractivity contribution in [1.82, 2.24) is 10.2 Å². The van der Waals surface area contributed by atoms with Crippen LogP contribution in [0.2, 0.25) is 0 Å². The molecule has 29 heavy (non-hydrogen) atoms. The second-order valence-electron chi connectivity index (χ2n) is 7.46. The monoisotopic (exact) mass is 406 g/mol. The number of likely N-dealkylation sites (tertiary alicyclic amines) is 1. The summed E-state index contributed by atoms with van der Waals surface area (Å²) in [7, 11) is 0. The van der Waals surface area contributed by atoms with Crippen LogP contribution in [0.25, 0.3) is 0 Å². The first-order chi connectivity index (χ1) is 13.9. The van der Waals surface area contributed by atoms with Crippen LogP contribution < -0.4 is 5.32 Å². The number of alkyl halides is 3. The number of carbonyl (C=O) groups is 1. The average Bonchev–Trinajstić information content (AvgIpc) is 2.73. The van der Waals surface area contributed by atoms with Crippen LogP contribution in [0.1, 0.15) is 40.4 Å². The van der Waals surface area contributed by atoms with Gasteiger partial charge in [-0.05, 0) is 55.1 Å². The number of halogens is 3. The van der Waals surface area contributed by atoms with Crippen LogP contribution in [0, 0.1) is 5.92 Å². The van der Waals surface area contributed by atoms with Crippen LogP contribution in [-0.4, -0.2) is 41.8 Å². The predicted octanol–water partition coefficient (Wildman–Crippen LogP) is 3.92. The molecule has 0 spiro atoms. The van der Waals surface area contributed by atoms with E-state index in [0.717, 1.165) is 38.0 Å². The van der Waals surface area contributed by atoms with Gasteiger partial charge in [0.25, 0.3) is 5.91 Å². The standard InChI is InChI=1S/C22H25F3N2O2/c23-22(24,25)20(18-4-2-1-3-5-18)26-21(29)19-8-6-16(7-9-19)14-27-12-10-17(15-28)11-13-27/h1-9,17,20,28H,10-15H2,(H,26,29). The minimum Gasteiger partial charge on any atom is -0.396 e. The summed E-state index contributed by atoms with van der Waals surface area (Å²) in [6, 6.07) is 12.0. The molecule has 0 aliphatic carbocycles. The number of hydrogen-bond acceptors (Lipinski definition) is 3. The second-order valence-corrected chi connectivity index (χ2v) is 7.46. The molecule has 1 saturated heterocycles. The van der Waals surface area contributed by atoms with Crippen LogP contribution in [0.15, 0.2) is 54.6 Å². The van der Waals surface area contributed by atoms with Crippen LogP contribution in [0.3, 0.4) is 0 Å². The van der Waals surface area contributed by atoms with Crippen molar-refractivity contribution in [3.8, 4) is 0 Å². The van der Waals surface area contributed by atoms with Gasteiger partial charge in [-0.15, -0.1) is 0 Å². The fourth-order valence-electron chi connectivity index (χ4n) is 3.56. The highest BCUT2D eigenvalue weighted by molar-refractivity contribution is 5.94. The molecule has 1 amide bonds. The van der Waals surface area contributed by atoms with Gasteiger partial charge in [-0.1, -0.05) is 42.5 Å². The number of piperidine rings is 1. The van der Waals surface area contributed by atoms with Gasteiger partial charge in [0.15, 0.2) is 6.04 Å². The fourth-order valence-corrected chi connectivity index (χ4v) is 3.56. The van der Waals surface area contributed by atoms with Crippen molar-refractivity contribution in [3.63, 3.8) is 0 Å². The molecule has 1 heterocycles. The van der Waals surface area contributed by atoms with Gasteiger partial charge in [0.1, 0.15) is 0 Å². The van der Waals surface area contributed by atoms with E-state index in [2.05, 4.69) is 10.2 Å². The number of rotatable bonds is 6. The molecular weight excluding hydrogens is 381 g/mol. The summed E-state index contributed by atoms with van der Waals surface area (Å²) >= 11 is 0. The Kier molecular flexibility index (Phi) is 6.92. The second kappa shape index (κ2) is 9.41. The molecule has 2 aromatic carbocycles. The zero-order valence-corrected chi connectivity index (χ0v) is 16.0. The molecule has 0 bridgehead atoms. The summed E-state index contributed by atoms with van der Waals surface area (Å²) in [5.74, 6) is -0.394. The molecular formula is C22H25F3N2O2. The Morgan fingerprint density at radius 1 is 1.07 bits per heavy atom. The van der Waals surface area contributed by atoms with E-state index < -0.39 is 18.1 Å². The highest BCUT2D eigenvalue weighted by Gasteiger charge is 2.41. The van der Waals surface area contributed by atoms with Crippen molar-refractivity contribution in [2.45, 2.75) is 31.6 Å². The van der Waals surface area contributed by atoms with E-state index in [9.17, 15) is 23.1 Å². The maximum Gasteiger partial charge on any atom is 0.412 e. The summed E-state index contributed by atoms with van der Waals surface area (Å²) in [4.78, 5) is 14.7. The minimum atomic E-state index is -4.59. The molecule has 0 aromatic heterocycles. The van der Waals surface area contributed by atoms with Gasteiger partial charge in [-0.3, -0.25) is 9.69 Å². The van der Waals surface area contributed by atoms with Gasteiger partial charge in [-0.25, -0.2) is 0 Å². The normalized spacial score (nSPS) is 17.1. The van der Waals surface area contributed by atoms with Gasteiger partial charge in [0, 0.05) is 18.7 Å². The third kappa shape index (κ3) is 5.81. The third-order valence-corrected chi connectivity index (χ3v) is 5.32. The topological polar surface area (TPSA) is 52.6 Å². The van der Waals surface area contributed by atoms with E-state index in [0.29, 0.717) is 5.92 Å². The van der Waals surface area contributed by atoms with E-state index >= 15 is 0 Å². The third-order valence-electron chi connectivity index (χ3n) is 5.32. The van der Waals surface area contributed by atoms with Crippen LogP contribution in [0.5, 0.6) is 0 Å². The van der Waals surface area contributed by atoms with Crippen molar-refractivity contribution in [2.24, 2.45) is 5.92 Å². The zero-order chi connectivity index (χ0) is 20.9. The molecule has 7 heteroatoms. The van der Waals surface area contributed by atoms with Gasteiger partial charge in [-0.2, -0.15) is 13.2 Å². The summed E-state index contributed by atoms with van der Waals surface area (Å²) in [6.07, 6.45) is -2.68. The smallest absolute Gasteiger partial charge is 0.396 e. The number of amides is 1. The lowest BCUT2D eigenvalue weighted by Crippen LogP contribution is -2.38. The SMILES string of the molecule is O=C(NC(c1ccccc1)C(F)(F)F)c1ccc(CN2CCC(CO)CC2)cc1. The molecule has 2 aromatic rings. The zero-order valence-electron chi connectivity index (χ0n) is 16.0. The maximum atomic E-state index is 13.4. The Bertz CT molecular complexity index is 786. The first-order valence-electron chi connectivity index (χ1n) is 9.71. The van der Waals surface area contributed by atoms with E-state index in [4.69, 9.17) is 0 Å². The van der Waals surface area contributed by atoms with Crippen LogP contribution in [-0.2, 0) is 6.54 Å². The summed E-state index contributed by atoms with van der Waals surface area (Å²) in [5, 5.41) is 11.3.